The first-order valence-electron chi connectivity index (χ1n) is 8.66. The summed E-state index contributed by atoms with van der Waals surface area (Å²) in [6.45, 7) is 3.11. The topological polar surface area (TPSA) is 67.4 Å². The van der Waals surface area contributed by atoms with Gasteiger partial charge >= 0.3 is 0 Å². The van der Waals surface area contributed by atoms with Crippen molar-refractivity contribution < 1.29 is 9.53 Å². The van der Waals surface area contributed by atoms with Crippen LogP contribution < -0.4 is 10.2 Å². The number of hydrogen-bond acceptors (Lipinski definition) is 5. The molecule has 1 fully saturated rings. The van der Waals surface area contributed by atoms with Gasteiger partial charge in [-0.1, -0.05) is 18.2 Å². The SMILES string of the molecule is CNC(=O)c1ccc(-c2ccc3ncc(N4CCOCC4)nc3c2)cc1. The molecule has 0 radical (unpaired) electrons. The lowest BCUT2D eigenvalue weighted by molar-refractivity contribution is 0.0963. The van der Waals surface area contributed by atoms with E-state index in [0.29, 0.717) is 5.56 Å². The van der Waals surface area contributed by atoms with Crippen molar-refractivity contribution in [2.24, 2.45) is 0 Å². The fourth-order valence-electron chi connectivity index (χ4n) is 3.08. The number of aromatic nitrogens is 2. The van der Waals surface area contributed by atoms with Gasteiger partial charge in [-0.2, -0.15) is 0 Å². The lowest BCUT2D eigenvalue weighted by atomic mass is 10.0. The van der Waals surface area contributed by atoms with E-state index in [-0.39, 0.29) is 5.91 Å². The molecule has 6 nitrogen and oxygen atoms in total. The number of fused-ring (bicyclic) bond motifs is 1. The number of hydrogen-bond donors (Lipinski definition) is 1. The zero-order valence-electron chi connectivity index (χ0n) is 14.6. The van der Waals surface area contributed by atoms with E-state index in [2.05, 4.69) is 15.2 Å². The Morgan fingerprint density at radius 1 is 1.04 bits per heavy atom. The molecule has 2 heterocycles. The Morgan fingerprint density at radius 2 is 1.77 bits per heavy atom. The molecular formula is C20H20N4O2. The van der Waals surface area contributed by atoms with Gasteiger partial charge in [-0.25, -0.2) is 4.98 Å². The van der Waals surface area contributed by atoms with Crippen LogP contribution in [-0.2, 0) is 4.74 Å². The molecule has 0 bridgehead atoms. The van der Waals surface area contributed by atoms with Crippen LogP contribution in [0.1, 0.15) is 10.4 Å². The van der Waals surface area contributed by atoms with Crippen molar-refractivity contribution in [1.29, 1.82) is 0 Å². The number of anilines is 1. The summed E-state index contributed by atoms with van der Waals surface area (Å²) in [6, 6.07) is 13.6. The predicted octanol–water partition coefficient (Wildman–Crippen LogP) is 2.49. The first-order chi connectivity index (χ1) is 12.7. The van der Waals surface area contributed by atoms with Gasteiger partial charge in [0.2, 0.25) is 0 Å². The van der Waals surface area contributed by atoms with E-state index in [0.717, 1.165) is 54.3 Å². The Hall–Kier alpha value is -2.99. The summed E-state index contributed by atoms with van der Waals surface area (Å²) in [5, 5.41) is 2.63. The molecule has 6 heteroatoms. The number of amides is 1. The maximum atomic E-state index is 11.7. The van der Waals surface area contributed by atoms with Crippen LogP contribution in [0.25, 0.3) is 22.2 Å². The van der Waals surface area contributed by atoms with E-state index in [9.17, 15) is 4.79 Å². The van der Waals surface area contributed by atoms with Crippen molar-refractivity contribution in [1.82, 2.24) is 15.3 Å². The average molecular weight is 348 g/mol. The van der Waals surface area contributed by atoms with Crippen molar-refractivity contribution in [3.63, 3.8) is 0 Å². The molecule has 4 rings (SSSR count). The maximum absolute atomic E-state index is 11.7. The minimum absolute atomic E-state index is 0.0870. The van der Waals surface area contributed by atoms with E-state index in [1.165, 1.54) is 0 Å². The van der Waals surface area contributed by atoms with Crippen molar-refractivity contribution in [2.75, 3.05) is 38.3 Å². The highest BCUT2D eigenvalue weighted by Crippen LogP contribution is 2.24. The third-order valence-electron chi connectivity index (χ3n) is 4.57. The molecule has 0 spiro atoms. The second-order valence-corrected chi connectivity index (χ2v) is 6.19. The Labute approximate surface area is 151 Å². The molecule has 0 saturated carbocycles. The van der Waals surface area contributed by atoms with Crippen molar-refractivity contribution in [3.8, 4) is 11.1 Å². The van der Waals surface area contributed by atoms with Crippen LogP contribution in [0.3, 0.4) is 0 Å². The summed E-state index contributed by atoms with van der Waals surface area (Å²) in [5.74, 6) is 0.795. The van der Waals surface area contributed by atoms with Crippen molar-refractivity contribution in [3.05, 3.63) is 54.2 Å². The summed E-state index contributed by atoms with van der Waals surface area (Å²) in [5.41, 5.74) is 4.47. The summed E-state index contributed by atoms with van der Waals surface area (Å²) in [6.07, 6.45) is 1.82. The van der Waals surface area contributed by atoms with E-state index >= 15 is 0 Å². The number of morpholine rings is 1. The van der Waals surface area contributed by atoms with E-state index < -0.39 is 0 Å². The Kier molecular flexibility index (Phi) is 4.50. The van der Waals surface area contributed by atoms with Crippen LogP contribution in [-0.4, -0.2) is 49.2 Å². The Bertz CT molecular complexity index is 934. The Morgan fingerprint density at radius 3 is 2.50 bits per heavy atom. The normalized spacial score (nSPS) is 14.4. The lowest BCUT2D eigenvalue weighted by Gasteiger charge is -2.27. The van der Waals surface area contributed by atoms with Crippen LogP contribution >= 0.6 is 0 Å². The second-order valence-electron chi connectivity index (χ2n) is 6.19. The first kappa shape index (κ1) is 16.5. The summed E-state index contributed by atoms with van der Waals surface area (Å²) < 4.78 is 5.40. The Balaban J connectivity index is 1.66. The van der Waals surface area contributed by atoms with Gasteiger partial charge < -0.3 is 15.0 Å². The van der Waals surface area contributed by atoms with Crippen LogP contribution in [0, 0.1) is 0 Å². The van der Waals surface area contributed by atoms with Crippen molar-refractivity contribution >= 4 is 22.8 Å². The molecule has 1 aliphatic rings. The second kappa shape index (κ2) is 7.09. The third kappa shape index (κ3) is 3.23. The highest BCUT2D eigenvalue weighted by molar-refractivity contribution is 5.94. The van der Waals surface area contributed by atoms with Gasteiger partial charge in [-0.3, -0.25) is 9.78 Å². The predicted molar refractivity (Wildman–Crippen MR) is 101 cm³/mol. The molecule has 0 aliphatic carbocycles. The molecular weight excluding hydrogens is 328 g/mol. The largest absolute Gasteiger partial charge is 0.378 e. The molecule has 3 aromatic rings. The zero-order chi connectivity index (χ0) is 17.9. The van der Waals surface area contributed by atoms with Gasteiger partial charge in [-0.15, -0.1) is 0 Å². The van der Waals surface area contributed by atoms with Crippen LogP contribution in [0.4, 0.5) is 5.82 Å². The number of ether oxygens (including phenoxy) is 1. The number of carbonyl (C=O) groups is 1. The maximum Gasteiger partial charge on any atom is 0.251 e. The number of nitrogens with zero attached hydrogens (tertiary/aromatic N) is 3. The minimum atomic E-state index is -0.0870. The molecule has 1 aromatic heterocycles. The number of rotatable bonds is 3. The standard InChI is InChI=1S/C20H20N4O2/c1-21-20(25)15-4-2-14(3-5-15)16-6-7-17-18(12-16)23-19(13-22-17)24-8-10-26-11-9-24/h2-7,12-13H,8-11H2,1H3,(H,21,25). The average Bonchev–Trinajstić information content (AvgIpc) is 2.73. The van der Waals surface area contributed by atoms with Gasteiger partial charge in [0, 0.05) is 25.7 Å². The van der Waals surface area contributed by atoms with Gasteiger partial charge in [-0.05, 0) is 35.4 Å². The molecule has 1 N–H and O–H groups in total. The summed E-state index contributed by atoms with van der Waals surface area (Å²) >= 11 is 0. The minimum Gasteiger partial charge on any atom is -0.378 e. The fourth-order valence-corrected chi connectivity index (χ4v) is 3.08. The van der Waals surface area contributed by atoms with E-state index in [4.69, 9.17) is 9.72 Å². The molecule has 2 aromatic carbocycles. The van der Waals surface area contributed by atoms with E-state index in [1.54, 1.807) is 7.05 Å². The first-order valence-corrected chi connectivity index (χ1v) is 8.66. The van der Waals surface area contributed by atoms with Gasteiger partial charge in [0.25, 0.3) is 5.91 Å². The number of carbonyl (C=O) groups excluding carboxylic acids is 1. The quantitative estimate of drug-likeness (QED) is 0.788. The van der Waals surface area contributed by atoms with Crippen LogP contribution in [0.2, 0.25) is 0 Å². The molecule has 132 valence electrons. The summed E-state index contributed by atoms with van der Waals surface area (Å²) in [7, 11) is 1.63. The van der Waals surface area contributed by atoms with Gasteiger partial charge in [0.15, 0.2) is 0 Å². The summed E-state index contributed by atoms with van der Waals surface area (Å²) in [4.78, 5) is 23.2. The van der Waals surface area contributed by atoms with Crippen LogP contribution in [0.5, 0.6) is 0 Å². The highest BCUT2D eigenvalue weighted by atomic mass is 16.5. The molecule has 0 unspecified atom stereocenters. The zero-order valence-corrected chi connectivity index (χ0v) is 14.6. The number of benzene rings is 2. The molecule has 0 atom stereocenters. The number of nitrogens with one attached hydrogen (secondary N) is 1. The van der Waals surface area contributed by atoms with Crippen LogP contribution in [0.15, 0.2) is 48.7 Å². The third-order valence-corrected chi connectivity index (χ3v) is 4.57. The van der Waals surface area contributed by atoms with Gasteiger partial charge in [0.1, 0.15) is 5.82 Å². The molecule has 26 heavy (non-hydrogen) atoms. The van der Waals surface area contributed by atoms with Gasteiger partial charge in [0.05, 0.1) is 30.4 Å². The molecule has 1 amide bonds. The highest BCUT2D eigenvalue weighted by Gasteiger charge is 2.13. The van der Waals surface area contributed by atoms with E-state index in [1.807, 2.05) is 48.7 Å². The fraction of sp³-hybridized carbons (Fsp3) is 0.250. The molecule has 1 aliphatic heterocycles. The van der Waals surface area contributed by atoms with Crippen molar-refractivity contribution in [2.45, 2.75) is 0 Å². The lowest BCUT2D eigenvalue weighted by Crippen LogP contribution is -2.36. The smallest absolute Gasteiger partial charge is 0.251 e. The molecule has 1 saturated heterocycles. The monoisotopic (exact) mass is 348 g/mol.